The number of likely N-dealkylation sites (tertiary alicyclic amines) is 1. The smallest absolute Gasteiger partial charge is 0.296 e. The standard InChI is InChI=1S/C25H25F6N3/c1-15(2)34-13-18(12-16-4-8-19(9-5-16)24(26,27)28)22-21(14-34)23(33(3)32-22)17-6-10-20(11-7-17)25(29,30)31/h4-12,15,21,23H,13-14H2,1-3H3/b18-12+. The fourth-order valence-electron chi connectivity index (χ4n) is 4.62. The van der Waals surface area contributed by atoms with Crippen molar-refractivity contribution in [3.05, 3.63) is 76.4 Å². The average Bonchev–Trinajstić information content (AvgIpc) is 3.09. The maximum atomic E-state index is 13.0. The Hall–Kier alpha value is -2.81. The third-order valence-electron chi connectivity index (χ3n) is 6.42. The van der Waals surface area contributed by atoms with Crippen LogP contribution in [0.3, 0.4) is 0 Å². The molecule has 0 aromatic heterocycles. The van der Waals surface area contributed by atoms with Gasteiger partial charge in [-0.05, 0) is 60.9 Å². The Kier molecular flexibility index (Phi) is 6.27. The van der Waals surface area contributed by atoms with Crippen LogP contribution >= 0.6 is 0 Å². The molecule has 2 atom stereocenters. The molecule has 34 heavy (non-hydrogen) atoms. The SMILES string of the molecule is CC(C)N1C/C(=C\c2ccc(C(F)(F)F)cc2)C2=NN(C)C(c3ccc(C(F)(F)F)cc3)C2C1. The number of halogens is 6. The lowest BCUT2D eigenvalue weighted by Crippen LogP contribution is -2.46. The van der Waals surface area contributed by atoms with Gasteiger partial charge in [-0.15, -0.1) is 0 Å². The minimum Gasteiger partial charge on any atom is -0.296 e. The summed E-state index contributed by atoms with van der Waals surface area (Å²) in [5, 5.41) is 6.49. The molecule has 0 aliphatic carbocycles. The predicted octanol–water partition coefficient (Wildman–Crippen LogP) is 6.49. The van der Waals surface area contributed by atoms with Gasteiger partial charge in [0.15, 0.2) is 0 Å². The topological polar surface area (TPSA) is 18.8 Å². The second kappa shape index (κ2) is 8.76. The van der Waals surface area contributed by atoms with Gasteiger partial charge in [-0.3, -0.25) is 9.91 Å². The average molecular weight is 481 g/mol. The number of hydrogen-bond acceptors (Lipinski definition) is 3. The number of alkyl halides is 6. The number of piperidine rings is 1. The molecule has 0 bridgehead atoms. The van der Waals surface area contributed by atoms with Crippen LogP contribution in [0.2, 0.25) is 0 Å². The Bertz CT molecular complexity index is 1080. The van der Waals surface area contributed by atoms with Crippen molar-refractivity contribution in [3.63, 3.8) is 0 Å². The van der Waals surface area contributed by atoms with Crippen LogP contribution in [-0.4, -0.2) is 41.8 Å². The lowest BCUT2D eigenvalue weighted by Gasteiger charge is -2.38. The van der Waals surface area contributed by atoms with E-state index in [4.69, 9.17) is 5.10 Å². The predicted molar refractivity (Wildman–Crippen MR) is 119 cm³/mol. The van der Waals surface area contributed by atoms with Crippen LogP contribution in [0.1, 0.15) is 42.1 Å². The van der Waals surface area contributed by atoms with Crippen LogP contribution in [0, 0.1) is 5.92 Å². The van der Waals surface area contributed by atoms with E-state index in [1.807, 2.05) is 6.08 Å². The van der Waals surface area contributed by atoms with E-state index in [0.717, 1.165) is 41.1 Å². The zero-order valence-corrected chi connectivity index (χ0v) is 19.0. The molecule has 0 saturated carbocycles. The first kappa shape index (κ1) is 24.3. The maximum absolute atomic E-state index is 13.0. The molecule has 2 aromatic rings. The summed E-state index contributed by atoms with van der Waals surface area (Å²) in [6.45, 7) is 5.38. The molecule has 0 spiro atoms. The van der Waals surface area contributed by atoms with E-state index in [2.05, 4.69) is 18.7 Å². The number of nitrogens with zero attached hydrogens (tertiary/aromatic N) is 3. The molecule has 9 heteroatoms. The lowest BCUT2D eigenvalue weighted by atomic mass is 9.82. The summed E-state index contributed by atoms with van der Waals surface area (Å²) in [6, 6.07) is 10.1. The molecule has 2 aromatic carbocycles. The zero-order chi connectivity index (χ0) is 24.8. The number of hydrazone groups is 1. The molecule has 2 aliphatic rings. The second-order valence-corrected chi connectivity index (χ2v) is 9.04. The molecule has 3 nitrogen and oxygen atoms in total. The number of benzene rings is 2. The fraction of sp³-hybridized carbons (Fsp3) is 0.400. The van der Waals surface area contributed by atoms with E-state index in [1.54, 1.807) is 12.1 Å². The Morgan fingerprint density at radius 2 is 1.41 bits per heavy atom. The van der Waals surface area contributed by atoms with E-state index >= 15 is 0 Å². The summed E-state index contributed by atoms with van der Waals surface area (Å²) >= 11 is 0. The Morgan fingerprint density at radius 3 is 1.91 bits per heavy atom. The van der Waals surface area contributed by atoms with Gasteiger partial charge in [-0.2, -0.15) is 31.4 Å². The molecule has 1 saturated heterocycles. The van der Waals surface area contributed by atoms with Gasteiger partial charge in [-0.25, -0.2) is 0 Å². The van der Waals surface area contributed by atoms with Crippen molar-refractivity contribution < 1.29 is 26.3 Å². The minimum absolute atomic E-state index is 0.0846. The summed E-state index contributed by atoms with van der Waals surface area (Å²) < 4.78 is 77.8. The van der Waals surface area contributed by atoms with Crippen molar-refractivity contribution >= 4 is 11.8 Å². The van der Waals surface area contributed by atoms with Crippen LogP contribution in [0.25, 0.3) is 6.08 Å². The highest BCUT2D eigenvalue weighted by atomic mass is 19.4. The fourth-order valence-corrected chi connectivity index (χ4v) is 4.62. The van der Waals surface area contributed by atoms with Gasteiger partial charge in [0.05, 0.1) is 22.9 Å². The van der Waals surface area contributed by atoms with Gasteiger partial charge in [0.1, 0.15) is 0 Å². The van der Waals surface area contributed by atoms with Crippen molar-refractivity contribution in [2.75, 3.05) is 20.1 Å². The van der Waals surface area contributed by atoms with Crippen LogP contribution < -0.4 is 0 Å². The molecule has 4 rings (SSSR count). The molecular weight excluding hydrogens is 456 g/mol. The van der Waals surface area contributed by atoms with Crippen molar-refractivity contribution in [2.24, 2.45) is 11.0 Å². The van der Waals surface area contributed by atoms with Crippen LogP contribution in [0.4, 0.5) is 26.3 Å². The van der Waals surface area contributed by atoms with Crippen molar-refractivity contribution in [1.82, 2.24) is 9.91 Å². The first-order valence-corrected chi connectivity index (χ1v) is 11.0. The summed E-state index contributed by atoms with van der Waals surface area (Å²) in [5.74, 6) is -0.0846. The molecule has 0 radical (unpaired) electrons. The highest BCUT2D eigenvalue weighted by Crippen LogP contribution is 2.41. The second-order valence-electron chi connectivity index (χ2n) is 9.04. The highest BCUT2D eigenvalue weighted by molar-refractivity contribution is 6.07. The van der Waals surface area contributed by atoms with Gasteiger partial charge in [0.25, 0.3) is 0 Å². The van der Waals surface area contributed by atoms with Gasteiger partial charge >= 0.3 is 12.4 Å². The monoisotopic (exact) mass is 481 g/mol. The Labute approximate surface area is 194 Å². The molecule has 0 N–H and O–H groups in total. The lowest BCUT2D eigenvalue weighted by molar-refractivity contribution is -0.138. The summed E-state index contributed by atoms with van der Waals surface area (Å²) in [7, 11) is 1.79. The van der Waals surface area contributed by atoms with E-state index in [-0.39, 0.29) is 18.0 Å². The van der Waals surface area contributed by atoms with Crippen LogP contribution in [-0.2, 0) is 12.4 Å². The van der Waals surface area contributed by atoms with Gasteiger partial charge in [0, 0.05) is 32.1 Å². The first-order chi connectivity index (χ1) is 15.8. The van der Waals surface area contributed by atoms with E-state index in [1.165, 1.54) is 24.3 Å². The Balaban J connectivity index is 1.67. The minimum atomic E-state index is -4.40. The van der Waals surface area contributed by atoms with Crippen LogP contribution in [0.15, 0.2) is 59.2 Å². The third-order valence-corrected chi connectivity index (χ3v) is 6.42. The van der Waals surface area contributed by atoms with Crippen LogP contribution in [0.5, 0.6) is 0 Å². The Morgan fingerprint density at radius 1 is 0.882 bits per heavy atom. The van der Waals surface area contributed by atoms with Gasteiger partial charge < -0.3 is 0 Å². The van der Waals surface area contributed by atoms with Gasteiger partial charge in [0.2, 0.25) is 0 Å². The van der Waals surface area contributed by atoms with Crippen molar-refractivity contribution in [2.45, 2.75) is 38.3 Å². The van der Waals surface area contributed by atoms with E-state index < -0.39 is 23.5 Å². The molecule has 182 valence electrons. The number of fused-ring (bicyclic) bond motifs is 1. The van der Waals surface area contributed by atoms with E-state index in [9.17, 15) is 26.3 Å². The molecule has 2 aliphatic heterocycles. The molecule has 2 heterocycles. The third kappa shape index (κ3) is 4.85. The molecule has 2 unspecified atom stereocenters. The van der Waals surface area contributed by atoms with E-state index in [0.29, 0.717) is 18.7 Å². The maximum Gasteiger partial charge on any atom is 0.416 e. The molecule has 0 amide bonds. The largest absolute Gasteiger partial charge is 0.416 e. The molecular formula is C25H25F6N3. The van der Waals surface area contributed by atoms with Crippen molar-refractivity contribution in [1.29, 1.82) is 0 Å². The van der Waals surface area contributed by atoms with Crippen molar-refractivity contribution in [3.8, 4) is 0 Å². The number of rotatable bonds is 3. The highest BCUT2D eigenvalue weighted by Gasteiger charge is 2.43. The zero-order valence-electron chi connectivity index (χ0n) is 19.0. The van der Waals surface area contributed by atoms with Gasteiger partial charge in [-0.1, -0.05) is 24.3 Å². The molecule has 1 fully saturated rings. The first-order valence-electron chi connectivity index (χ1n) is 11.0. The summed E-state index contributed by atoms with van der Waals surface area (Å²) in [6.07, 6.45) is -6.95. The summed E-state index contributed by atoms with van der Waals surface area (Å²) in [4.78, 5) is 2.25. The summed E-state index contributed by atoms with van der Waals surface area (Å²) in [5.41, 5.74) is 1.68. The number of hydrogen-bond donors (Lipinski definition) is 0. The quantitative estimate of drug-likeness (QED) is 0.467. The normalized spacial score (nSPS) is 22.9.